The van der Waals surface area contributed by atoms with Gasteiger partial charge in [-0.3, -0.25) is 4.79 Å². The second-order valence-corrected chi connectivity index (χ2v) is 6.99. The molecular formula is C18H27N3O. The normalized spacial score (nSPS) is 23.5. The molecule has 0 bridgehead atoms. The molecule has 0 unspecified atom stereocenters. The summed E-state index contributed by atoms with van der Waals surface area (Å²) in [5, 5.41) is 0. The van der Waals surface area contributed by atoms with E-state index in [0.29, 0.717) is 13.0 Å². The topological polar surface area (TPSA) is 49.6 Å². The predicted octanol–water partition coefficient (Wildman–Crippen LogP) is 2.52. The molecule has 1 heterocycles. The number of benzene rings is 1. The van der Waals surface area contributed by atoms with Crippen LogP contribution in [0.4, 0.5) is 5.69 Å². The van der Waals surface area contributed by atoms with Gasteiger partial charge < -0.3 is 15.5 Å². The second kappa shape index (κ2) is 5.92. The van der Waals surface area contributed by atoms with Gasteiger partial charge in [0.15, 0.2) is 0 Å². The number of hydrogen-bond donors (Lipinski definition) is 1. The number of carbonyl (C=O) groups is 1. The van der Waals surface area contributed by atoms with Crippen LogP contribution in [0.1, 0.15) is 44.6 Å². The summed E-state index contributed by atoms with van der Waals surface area (Å²) in [7, 11) is 2.12. The molecule has 1 aromatic carbocycles. The zero-order chi connectivity index (χ0) is 15.7. The zero-order valence-corrected chi connectivity index (χ0v) is 13.7. The zero-order valence-electron chi connectivity index (χ0n) is 13.7. The molecule has 1 aliphatic carbocycles. The molecule has 1 amide bonds. The largest absolute Gasteiger partial charge is 0.372 e. The van der Waals surface area contributed by atoms with Crippen molar-refractivity contribution in [2.45, 2.75) is 57.2 Å². The fourth-order valence-electron chi connectivity index (χ4n) is 3.69. The number of nitrogens with two attached hydrogens (primary N) is 1. The lowest BCUT2D eigenvalue weighted by molar-refractivity contribution is -0.136. The summed E-state index contributed by atoms with van der Waals surface area (Å²) in [6, 6.07) is 8.65. The SMILES string of the molecule is CC[C@@H]1CN(C)c2ccccc2CN1C(=O)CC1(N)CCC1. The van der Waals surface area contributed by atoms with Gasteiger partial charge in [-0.05, 0) is 37.3 Å². The van der Waals surface area contributed by atoms with Crippen molar-refractivity contribution in [1.82, 2.24) is 4.90 Å². The summed E-state index contributed by atoms with van der Waals surface area (Å²) in [6.45, 7) is 3.75. The highest BCUT2D eigenvalue weighted by Crippen LogP contribution is 2.34. The van der Waals surface area contributed by atoms with Crippen molar-refractivity contribution in [2.75, 3.05) is 18.5 Å². The molecule has 1 aromatic rings. The van der Waals surface area contributed by atoms with Gasteiger partial charge in [-0.2, -0.15) is 0 Å². The van der Waals surface area contributed by atoms with E-state index < -0.39 is 0 Å². The lowest BCUT2D eigenvalue weighted by Gasteiger charge is -2.40. The van der Waals surface area contributed by atoms with Crippen LogP contribution in [0.3, 0.4) is 0 Å². The highest BCUT2D eigenvalue weighted by molar-refractivity contribution is 5.78. The van der Waals surface area contributed by atoms with E-state index in [4.69, 9.17) is 5.73 Å². The smallest absolute Gasteiger partial charge is 0.225 e. The molecular weight excluding hydrogens is 274 g/mol. The van der Waals surface area contributed by atoms with Gasteiger partial charge in [0.05, 0.1) is 0 Å². The van der Waals surface area contributed by atoms with Crippen molar-refractivity contribution in [3.63, 3.8) is 0 Å². The standard InChI is InChI=1S/C18H27N3O/c1-3-15-13-20(2)16-8-5-4-7-14(16)12-21(15)17(22)11-18(19)9-6-10-18/h4-5,7-8,15H,3,6,9-13,19H2,1-2H3/t15-/m1/s1. The third kappa shape index (κ3) is 2.84. The number of amides is 1. The van der Waals surface area contributed by atoms with Gasteiger partial charge in [0.2, 0.25) is 5.91 Å². The van der Waals surface area contributed by atoms with Crippen molar-refractivity contribution in [2.24, 2.45) is 5.73 Å². The Morgan fingerprint density at radius 2 is 2.09 bits per heavy atom. The maximum Gasteiger partial charge on any atom is 0.225 e. The van der Waals surface area contributed by atoms with Crippen LogP contribution in [0.25, 0.3) is 0 Å². The van der Waals surface area contributed by atoms with E-state index in [1.54, 1.807) is 0 Å². The van der Waals surface area contributed by atoms with Crippen LogP contribution in [0.2, 0.25) is 0 Å². The number of nitrogens with zero attached hydrogens (tertiary/aromatic N) is 2. The number of carbonyl (C=O) groups excluding carboxylic acids is 1. The molecule has 4 heteroatoms. The number of likely N-dealkylation sites (N-methyl/N-ethyl adjacent to an activating group) is 1. The van der Waals surface area contributed by atoms with Gasteiger partial charge in [0.25, 0.3) is 0 Å². The van der Waals surface area contributed by atoms with Crippen LogP contribution in [-0.4, -0.2) is 36.0 Å². The van der Waals surface area contributed by atoms with Crippen molar-refractivity contribution in [3.05, 3.63) is 29.8 Å². The molecule has 22 heavy (non-hydrogen) atoms. The van der Waals surface area contributed by atoms with Gasteiger partial charge in [-0.1, -0.05) is 25.1 Å². The summed E-state index contributed by atoms with van der Waals surface area (Å²) in [6.07, 6.45) is 4.60. The van der Waals surface area contributed by atoms with Gasteiger partial charge in [-0.25, -0.2) is 0 Å². The first-order valence-electron chi connectivity index (χ1n) is 8.40. The molecule has 120 valence electrons. The summed E-state index contributed by atoms with van der Waals surface area (Å²) >= 11 is 0. The molecule has 0 aromatic heterocycles. The maximum atomic E-state index is 12.9. The lowest BCUT2D eigenvalue weighted by Crippen LogP contribution is -2.52. The average molecular weight is 301 g/mol. The number of hydrogen-bond acceptors (Lipinski definition) is 3. The Kier molecular flexibility index (Phi) is 4.13. The Hall–Kier alpha value is -1.55. The molecule has 0 radical (unpaired) electrons. The number of para-hydroxylation sites is 1. The van der Waals surface area contributed by atoms with E-state index >= 15 is 0 Å². The van der Waals surface area contributed by atoms with E-state index in [2.05, 4.69) is 48.0 Å². The molecule has 0 spiro atoms. The lowest BCUT2D eigenvalue weighted by atomic mass is 9.75. The van der Waals surface area contributed by atoms with Gasteiger partial charge in [-0.15, -0.1) is 0 Å². The average Bonchev–Trinajstić information content (AvgIpc) is 2.62. The van der Waals surface area contributed by atoms with Gasteiger partial charge >= 0.3 is 0 Å². The van der Waals surface area contributed by atoms with Crippen LogP contribution >= 0.6 is 0 Å². The molecule has 2 aliphatic rings. The molecule has 1 fully saturated rings. The fraction of sp³-hybridized carbons (Fsp3) is 0.611. The Balaban J connectivity index is 1.83. The maximum absolute atomic E-state index is 12.9. The van der Waals surface area contributed by atoms with E-state index in [1.807, 2.05) is 0 Å². The Morgan fingerprint density at radius 1 is 1.36 bits per heavy atom. The minimum absolute atomic E-state index is 0.221. The van der Waals surface area contributed by atoms with Crippen LogP contribution in [0.5, 0.6) is 0 Å². The molecule has 1 aliphatic heterocycles. The van der Waals surface area contributed by atoms with Crippen molar-refractivity contribution < 1.29 is 4.79 Å². The third-order valence-corrected chi connectivity index (χ3v) is 5.31. The molecule has 3 rings (SSSR count). The summed E-state index contributed by atoms with van der Waals surface area (Å²) in [4.78, 5) is 17.2. The first-order valence-corrected chi connectivity index (χ1v) is 8.40. The summed E-state index contributed by atoms with van der Waals surface area (Å²) in [5.74, 6) is 0.221. The minimum Gasteiger partial charge on any atom is -0.372 e. The fourth-order valence-corrected chi connectivity index (χ4v) is 3.69. The molecule has 0 saturated heterocycles. The highest BCUT2D eigenvalue weighted by Gasteiger charge is 2.38. The quantitative estimate of drug-likeness (QED) is 0.933. The van der Waals surface area contributed by atoms with E-state index in [9.17, 15) is 4.79 Å². The Labute approximate surface area is 133 Å². The molecule has 4 nitrogen and oxygen atoms in total. The van der Waals surface area contributed by atoms with E-state index in [1.165, 1.54) is 11.3 Å². The van der Waals surface area contributed by atoms with Crippen LogP contribution < -0.4 is 10.6 Å². The van der Waals surface area contributed by atoms with Gasteiger partial charge in [0, 0.05) is 43.8 Å². The first kappa shape index (κ1) is 15.3. The summed E-state index contributed by atoms with van der Waals surface area (Å²) < 4.78 is 0. The van der Waals surface area contributed by atoms with Crippen molar-refractivity contribution >= 4 is 11.6 Å². The highest BCUT2D eigenvalue weighted by atomic mass is 16.2. The number of anilines is 1. The van der Waals surface area contributed by atoms with Crippen molar-refractivity contribution in [3.8, 4) is 0 Å². The summed E-state index contributed by atoms with van der Waals surface area (Å²) in [5.41, 5.74) is 8.53. The van der Waals surface area contributed by atoms with E-state index in [0.717, 1.165) is 32.2 Å². The van der Waals surface area contributed by atoms with Crippen LogP contribution in [0, 0.1) is 0 Å². The molecule has 1 saturated carbocycles. The molecule has 2 N–H and O–H groups in total. The predicted molar refractivity (Wildman–Crippen MR) is 89.7 cm³/mol. The van der Waals surface area contributed by atoms with Gasteiger partial charge in [0.1, 0.15) is 0 Å². The van der Waals surface area contributed by atoms with Crippen LogP contribution in [-0.2, 0) is 11.3 Å². The minimum atomic E-state index is -0.243. The number of rotatable bonds is 3. The van der Waals surface area contributed by atoms with Crippen LogP contribution in [0.15, 0.2) is 24.3 Å². The molecule has 1 atom stereocenters. The Morgan fingerprint density at radius 3 is 2.73 bits per heavy atom. The first-order chi connectivity index (χ1) is 10.5. The van der Waals surface area contributed by atoms with E-state index in [-0.39, 0.29) is 17.5 Å². The Bertz CT molecular complexity index is 553. The van der Waals surface area contributed by atoms with Crippen molar-refractivity contribution in [1.29, 1.82) is 0 Å². The number of fused-ring (bicyclic) bond motifs is 1. The monoisotopic (exact) mass is 301 g/mol. The third-order valence-electron chi connectivity index (χ3n) is 5.31. The second-order valence-electron chi connectivity index (χ2n) is 6.99.